The van der Waals surface area contributed by atoms with Crippen LogP contribution in [0.4, 0.5) is 0 Å². The van der Waals surface area contributed by atoms with Gasteiger partial charge in [0.05, 0.1) is 12.6 Å². The molecule has 10 N–H and O–H groups in total. The van der Waals surface area contributed by atoms with Crippen molar-refractivity contribution in [3.8, 4) is 0 Å². The van der Waals surface area contributed by atoms with Crippen LogP contribution in [0, 0.1) is 0 Å². The number of aliphatic carboxylic acids is 2. The summed E-state index contributed by atoms with van der Waals surface area (Å²) in [5.74, 6) is -5.20. The zero-order valence-electron chi connectivity index (χ0n) is 17.0. The summed E-state index contributed by atoms with van der Waals surface area (Å²) in [7, 11) is 0. The van der Waals surface area contributed by atoms with Crippen molar-refractivity contribution in [3.63, 3.8) is 0 Å². The minimum Gasteiger partial charge on any atom is -0.481 e. The molecule has 0 aromatic rings. The molecule has 0 rings (SSSR count). The molecule has 31 heavy (non-hydrogen) atoms. The molecule has 3 amide bonds. The fourth-order valence-corrected chi connectivity index (χ4v) is 2.55. The van der Waals surface area contributed by atoms with Gasteiger partial charge in [0, 0.05) is 12.2 Å². The monoisotopic (exact) mass is 465 g/mol. The van der Waals surface area contributed by atoms with E-state index in [2.05, 4.69) is 28.6 Å². The fraction of sp³-hybridized carbons (Fsp3) is 0.706. The maximum absolute atomic E-state index is 12.5. The van der Waals surface area contributed by atoms with Gasteiger partial charge >= 0.3 is 11.9 Å². The Morgan fingerprint density at radius 1 is 0.839 bits per heavy atom. The highest BCUT2D eigenvalue weighted by atomic mass is 32.1. The van der Waals surface area contributed by atoms with E-state index < -0.39 is 66.9 Å². The van der Waals surface area contributed by atoms with E-state index in [1.807, 2.05) is 0 Å². The fourth-order valence-electron chi connectivity index (χ4n) is 2.39. The molecular formula is C17H31N5O8S. The minimum absolute atomic E-state index is 0.0179. The molecular weight excluding hydrogens is 434 g/mol. The van der Waals surface area contributed by atoms with Crippen LogP contribution in [-0.2, 0) is 24.0 Å². The normalized spacial score (nSPS) is 14.6. The van der Waals surface area contributed by atoms with Crippen molar-refractivity contribution >= 4 is 42.3 Å². The van der Waals surface area contributed by atoms with Gasteiger partial charge in [-0.25, -0.2) is 4.79 Å². The van der Waals surface area contributed by atoms with E-state index in [1.54, 1.807) is 0 Å². The highest BCUT2D eigenvalue weighted by Gasteiger charge is 2.30. The summed E-state index contributed by atoms with van der Waals surface area (Å²) < 4.78 is 0. The number of amides is 3. The largest absolute Gasteiger partial charge is 0.481 e. The van der Waals surface area contributed by atoms with Crippen LogP contribution in [0.15, 0.2) is 0 Å². The lowest BCUT2D eigenvalue weighted by Crippen LogP contribution is -2.58. The van der Waals surface area contributed by atoms with Crippen LogP contribution in [0.1, 0.15) is 32.1 Å². The van der Waals surface area contributed by atoms with E-state index in [0.29, 0.717) is 19.4 Å². The van der Waals surface area contributed by atoms with E-state index in [9.17, 15) is 34.2 Å². The minimum atomic E-state index is -1.46. The Balaban J connectivity index is 5.26. The number of hydrogen-bond donors (Lipinski definition) is 9. The third-order valence-corrected chi connectivity index (χ3v) is 4.58. The Hall–Kier alpha value is -2.42. The molecule has 4 unspecified atom stereocenters. The van der Waals surface area contributed by atoms with Crippen molar-refractivity contribution < 1.29 is 39.3 Å². The van der Waals surface area contributed by atoms with Gasteiger partial charge in [-0.05, 0) is 32.2 Å². The second kappa shape index (κ2) is 15.4. The van der Waals surface area contributed by atoms with Crippen molar-refractivity contribution in [2.75, 3.05) is 18.9 Å². The van der Waals surface area contributed by atoms with Gasteiger partial charge in [0.15, 0.2) is 0 Å². The maximum atomic E-state index is 12.5. The maximum Gasteiger partial charge on any atom is 0.326 e. The summed E-state index contributed by atoms with van der Waals surface area (Å²) in [6.07, 6.45) is 0.234. The lowest BCUT2D eigenvalue weighted by atomic mass is 10.1. The summed E-state index contributed by atoms with van der Waals surface area (Å²) in [6.45, 7) is -0.469. The second-order valence-electron chi connectivity index (χ2n) is 6.71. The summed E-state index contributed by atoms with van der Waals surface area (Å²) in [6, 6.07) is -5.17. The molecule has 0 aromatic heterocycles. The van der Waals surface area contributed by atoms with Gasteiger partial charge in [-0.1, -0.05) is 0 Å². The Labute approximate surface area is 184 Å². The van der Waals surface area contributed by atoms with Crippen LogP contribution < -0.4 is 27.4 Å². The number of carboxylic acids is 2. The average Bonchev–Trinajstić information content (AvgIpc) is 2.72. The molecule has 0 bridgehead atoms. The highest BCUT2D eigenvalue weighted by Crippen LogP contribution is 2.05. The van der Waals surface area contributed by atoms with Gasteiger partial charge in [-0.15, -0.1) is 0 Å². The number of nitrogens with two attached hydrogens (primary N) is 2. The topological polar surface area (TPSA) is 234 Å². The van der Waals surface area contributed by atoms with Gasteiger partial charge in [0.25, 0.3) is 0 Å². The molecule has 0 spiro atoms. The number of carboxylic acid groups (broad SMARTS) is 2. The molecule has 0 aliphatic heterocycles. The van der Waals surface area contributed by atoms with Crippen LogP contribution in [0.2, 0.25) is 0 Å². The van der Waals surface area contributed by atoms with E-state index in [4.69, 9.17) is 16.6 Å². The molecule has 14 heteroatoms. The van der Waals surface area contributed by atoms with Gasteiger partial charge in [-0.3, -0.25) is 19.2 Å². The smallest absolute Gasteiger partial charge is 0.326 e. The van der Waals surface area contributed by atoms with E-state index in [0.717, 1.165) is 0 Å². The first-order valence-electron chi connectivity index (χ1n) is 9.60. The van der Waals surface area contributed by atoms with Crippen molar-refractivity contribution in [2.45, 2.75) is 56.3 Å². The van der Waals surface area contributed by atoms with Crippen molar-refractivity contribution in [1.29, 1.82) is 0 Å². The van der Waals surface area contributed by atoms with Gasteiger partial charge in [0.2, 0.25) is 17.7 Å². The van der Waals surface area contributed by atoms with Gasteiger partial charge in [0.1, 0.15) is 18.1 Å². The van der Waals surface area contributed by atoms with E-state index >= 15 is 0 Å². The van der Waals surface area contributed by atoms with Gasteiger partial charge in [-0.2, -0.15) is 12.6 Å². The molecule has 0 fully saturated rings. The number of aliphatic hydroxyl groups excluding tert-OH is 1. The molecule has 0 aliphatic carbocycles. The Kier molecular flexibility index (Phi) is 14.2. The summed E-state index contributed by atoms with van der Waals surface area (Å²) >= 11 is 3.85. The third-order valence-electron chi connectivity index (χ3n) is 4.19. The number of thiol groups is 1. The van der Waals surface area contributed by atoms with E-state index in [1.165, 1.54) is 0 Å². The number of rotatable bonds is 16. The summed E-state index contributed by atoms with van der Waals surface area (Å²) in [5, 5.41) is 34.2. The van der Waals surface area contributed by atoms with Crippen molar-refractivity contribution in [2.24, 2.45) is 11.5 Å². The highest BCUT2D eigenvalue weighted by molar-refractivity contribution is 7.80. The molecule has 4 atom stereocenters. The number of unbranched alkanes of at least 4 members (excludes halogenated alkanes) is 1. The van der Waals surface area contributed by atoms with Crippen LogP contribution in [-0.4, -0.2) is 88.1 Å². The Bertz CT molecular complexity index is 636. The summed E-state index contributed by atoms with van der Waals surface area (Å²) in [5.41, 5.74) is 10.9. The van der Waals surface area contributed by atoms with Crippen molar-refractivity contribution in [3.05, 3.63) is 0 Å². The second-order valence-corrected chi connectivity index (χ2v) is 7.08. The number of carbonyl (C=O) groups excluding carboxylic acids is 3. The lowest BCUT2D eigenvalue weighted by Gasteiger charge is -2.24. The molecule has 0 aromatic carbocycles. The Morgan fingerprint density at radius 3 is 1.87 bits per heavy atom. The van der Waals surface area contributed by atoms with Crippen LogP contribution in [0.5, 0.6) is 0 Å². The molecule has 0 saturated carbocycles. The van der Waals surface area contributed by atoms with Crippen LogP contribution in [0.25, 0.3) is 0 Å². The van der Waals surface area contributed by atoms with Crippen LogP contribution >= 0.6 is 12.6 Å². The third kappa shape index (κ3) is 11.5. The molecule has 0 saturated heterocycles. The van der Waals surface area contributed by atoms with Crippen LogP contribution in [0.3, 0.4) is 0 Å². The lowest BCUT2D eigenvalue weighted by molar-refractivity contribution is -0.143. The molecule has 0 aliphatic rings. The number of aliphatic hydroxyl groups is 1. The Morgan fingerprint density at radius 2 is 1.39 bits per heavy atom. The number of carbonyl (C=O) groups is 5. The SMILES string of the molecule is NCCCCC(NC(=O)C(CCC(=O)O)NC(=O)C(CO)NC(=O)C(N)CS)C(=O)O. The van der Waals surface area contributed by atoms with E-state index in [-0.39, 0.29) is 18.6 Å². The first kappa shape index (κ1) is 28.6. The first-order valence-corrected chi connectivity index (χ1v) is 10.2. The number of hydrogen-bond acceptors (Lipinski definition) is 9. The molecule has 0 radical (unpaired) electrons. The predicted molar refractivity (Wildman–Crippen MR) is 112 cm³/mol. The number of nitrogens with one attached hydrogen (secondary N) is 3. The van der Waals surface area contributed by atoms with Crippen molar-refractivity contribution in [1.82, 2.24) is 16.0 Å². The quantitative estimate of drug-likeness (QED) is 0.0816. The molecule has 0 heterocycles. The first-order chi connectivity index (χ1) is 14.6. The predicted octanol–water partition coefficient (Wildman–Crippen LogP) is -3.23. The standard InChI is InChI=1S/C17H31N5O8S/c18-6-2-1-3-11(17(29)30)21-15(27)10(4-5-13(24)25)20-16(28)12(7-23)22-14(26)9(19)8-31/h9-12,23,31H,1-8,18-19H2,(H,20,28)(H,21,27)(H,22,26)(H,24,25)(H,29,30). The molecule has 13 nitrogen and oxygen atoms in total. The zero-order chi connectivity index (χ0) is 24.0. The zero-order valence-corrected chi connectivity index (χ0v) is 17.8. The summed E-state index contributed by atoms with van der Waals surface area (Å²) in [4.78, 5) is 59.0. The molecule has 178 valence electrons. The average molecular weight is 466 g/mol. The van der Waals surface area contributed by atoms with Gasteiger partial charge < -0.3 is 42.7 Å².